The number of aromatic nitrogens is 2. The Morgan fingerprint density at radius 1 is 1.07 bits per heavy atom. The predicted octanol–water partition coefficient (Wildman–Crippen LogP) is 3.65. The standard InChI is InChI=1S/C30H33F2N5O5S.Co/c1-4-33-20-36(29-27(31)25(40-2)16-26(41-3)28(29)32)18-21-14-22-15-23(19-35-10-12-42-13-11-35)37(30(22)34-17-21)43(38,39)24-8-6-5-7-9-24;/h5-9,14-17,33H,4,10-13,18-19H2,1-3H3;. The first-order valence-electron chi connectivity index (χ1n) is 13.9. The fourth-order valence-electron chi connectivity index (χ4n) is 5.08. The molecule has 0 aliphatic carbocycles. The number of methoxy groups -OCH3 is 2. The summed E-state index contributed by atoms with van der Waals surface area (Å²) in [5.74, 6) is -2.28. The van der Waals surface area contributed by atoms with Gasteiger partial charge in [0, 0.05) is 0 Å². The van der Waals surface area contributed by atoms with Crippen molar-refractivity contribution >= 4 is 31.4 Å². The molecule has 44 heavy (non-hydrogen) atoms. The maximum absolute atomic E-state index is 15.6. The molecule has 0 unspecified atom stereocenters. The third-order valence-corrected chi connectivity index (χ3v) is 9.42. The monoisotopic (exact) mass is 672 g/mol. The first kappa shape index (κ1) is 32.0. The number of hydrogen-bond donors (Lipinski definition) is 1. The van der Waals surface area contributed by atoms with Crippen LogP contribution >= 0.6 is 0 Å². The minimum atomic E-state index is -4.00. The third kappa shape index (κ3) is 6.36. The summed E-state index contributed by atoms with van der Waals surface area (Å²) in [4.78, 5) is 8.14. The number of nitrogens with one attached hydrogen (secondary N) is 1. The number of pyridine rings is 1. The van der Waals surface area contributed by atoms with E-state index in [1.807, 2.05) is 6.92 Å². The first-order chi connectivity index (χ1) is 21.2. The Bertz CT molecular complexity index is 1740. The second-order valence-corrected chi connectivity index (χ2v) is 12.3. The Morgan fingerprint density at radius 2 is 1.73 bits per heavy atom. The van der Waals surface area contributed by atoms with Crippen molar-refractivity contribution < 1.29 is 46.7 Å². The van der Waals surface area contributed by atoms with E-state index in [0.29, 0.717) is 56.0 Å². The van der Waals surface area contributed by atoms with Crippen LogP contribution in [0.25, 0.3) is 11.0 Å². The van der Waals surface area contributed by atoms with E-state index in [1.54, 1.807) is 42.5 Å². The summed E-state index contributed by atoms with van der Waals surface area (Å²) in [5, 5.41) is 3.55. The van der Waals surface area contributed by atoms with E-state index in [9.17, 15) is 8.42 Å². The number of rotatable bonds is 12. The Morgan fingerprint density at radius 3 is 2.34 bits per heavy atom. The van der Waals surface area contributed by atoms with Gasteiger partial charge in [0.05, 0.1) is 0 Å². The second-order valence-electron chi connectivity index (χ2n) is 10.0. The number of benzene rings is 2. The van der Waals surface area contributed by atoms with E-state index in [4.69, 9.17) is 14.2 Å². The molecule has 0 radical (unpaired) electrons. The summed E-state index contributed by atoms with van der Waals surface area (Å²) in [5.41, 5.74) is 0.904. The summed E-state index contributed by atoms with van der Waals surface area (Å²) >= 11 is 4.57. The average Bonchev–Trinajstić information content (AvgIpc) is 3.39. The van der Waals surface area contributed by atoms with Crippen LogP contribution in [-0.2, 0) is 43.2 Å². The van der Waals surface area contributed by atoms with Crippen LogP contribution in [0.15, 0.2) is 59.6 Å². The third-order valence-electron chi connectivity index (χ3n) is 7.20. The Hall–Kier alpha value is -3.40. The van der Waals surface area contributed by atoms with E-state index in [1.165, 1.54) is 29.3 Å². The molecule has 0 bridgehead atoms. The molecular formula is C30H33CoF2N5O5S. The summed E-state index contributed by atoms with van der Waals surface area (Å²) in [7, 11) is -1.44. The van der Waals surface area contributed by atoms with E-state index in [-0.39, 0.29) is 33.3 Å². The maximum atomic E-state index is 15.6. The van der Waals surface area contributed by atoms with Crippen molar-refractivity contribution in [2.24, 2.45) is 0 Å². The zero-order valence-electron chi connectivity index (χ0n) is 24.5. The van der Waals surface area contributed by atoms with E-state index in [2.05, 4.69) is 30.5 Å². The van der Waals surface area contributed by atoms with Crippen LogP contribution in [-0.4, -0.2) is 74.0 Å². The molecule has 237 valence electrons. The van der Waals surface area contributed by atoms with Gasteiger partial charge in [-0.1, -0.05) is 6.07 Å². The zero-order chi connectivity index (χ0) is 31.4. The van der Waals surface area contributed by atoms with E-state index in [0.717, 1.165) is 6.07 Å². The summed E-state index contributed by atoms with van der Waals surface area (Å²) in [6.07, 6.45) is 1.49. The van der Waals surface area contributed by atoms with Crippen LogP contribution in [0.2, 0.25) is 0 Å². The van der Waals surface area contributed by atoms with Gasteiger partial charge in [0.2, 0.25) is 0 Å². The van der Waals surface area contributed by atoms with Gasteiger partial charge in [-0.05, 0) is 0 Å². The van der Waals surface area contributed by atoms with Crippen molar-refractivity contribution in [2.75, 3.05) is 52.0 Å². The number of morpholine rings is 1. The van der Waals surface area contributed by atoms with Crippen LogP contribution in [0.4, 0.5) is 14.5 Å². The molecule has 0 atom stereocenters. The number of anilines is 1. The van der Waals surface area contributed by atoms with Crippen molar-refractivity contribution in [2.45, 2.75) is 24.9 Å². The van der Waals surface area contributed by atoms with Gasteiger partial charge in [-0.25, -0.2) is 0 Å². The van der Waals surface area contributed by atoms with Crippen molar-refractivity contribution in [1.82, 2.24) is 19.2 Å². The quantitative estimate of drug-likeness (QED) is 0.242. The molecule has 14 heteroatoms. The van der Waals surface area contributed by atoms with Crippen molar-refractivity contribution in [3.8, 4) is 11.5 Å². The Balaban J connectivity index is 1.61. The van der Waals surface area contributed by atoms with Crippen molar-refractivity contribution in [1.29, 1.82) is 0 Å². The van der Waals surface area contributed by atoms with E-state index >= 15 is 8.78 Å². The van der Waals surface area contributed by atoms with Gasteiger partial charge >= 0.3 is 253 Å². The number of ether oxygens (including phenoxy) is 3. The molecule has 5 rings (SSSR count). The molecule has 1 fully saturated rings. The molecule has 1 aliphatic heterocycles. The molecule has 10 nitrogen and oxygen atoms in total. The summed E-state index contributed by atoms with van der Waals surface area (Å²) in [6.45, 7) is 4.99. The van der Waals surface area contributed by atoms with Crippen molar-refractivity contribution in [3.05, 3.63) is 77.6 Å². The SMILES string of the molecule is CCN[C](=[Co])N(Cc1cnc2c(c1)cc(CN1CCOCC1)n2S(=O)(=O)c1ccccc1)c1c(F)c(OC)cc(OC)c1F. The molecule has 0 amide bonds. The molecular weight excluding hydrogens is 639 g/mol. The van der Waals surface area contributed by atoms with Crippen molar-refractivity contribution in [3.63, 3.8) is 0 Å². The van der Waals surface area contributed by atoms with Crippen LogP contribution in [0.3, 0.4) is 0 Å². The number of nitrogens with zero attached hydrogens (tertiary/aromatic N) is 4. The zero-order valence-corrected chi connectivity index (χ0v) is 26.3. The topological polar surface area (TPSA) is 98.2 Å². The fraction of sp³-hybridized carbons (Fsp3) is 0.333. The molecule has 2 aromatic heterocycles. The van der Waals surface area contributed by atoms with Gasteiger partial charge in [-0.3, -0.25) is 0 Å². The normalized spacial score (nSPS) is 14.1. The predicted molar refractivity (Wildman–Crippen MR) is 159 cm³/mol. The van der Waals surface area contributed by atoms with Crippen LogP contribution in [0.1, 0.15) is 18.2 Å². The van der Waals surface area contributed by atoms with Crippen LogP contribution < -0.4 is 19.7 Å². The molecule has 1 aliphatic rings. The summed E-state index contributed by atoms with van der Waals surface area (Å²) in [6, 6.07) is 12.9. The van der Waals surface area contributed by atoms with E-state index < -0.39 is 27.3 Å². The van der Waals surface area contributed by atoms with Gasteiger partial charge in [-0.15, -0.1) is 0 Å². The summed E-state index contributed by atoms with van der Waals surface area (Å²) < 4.78 is 76.2. The second kappa shape index (κ2) is 13.7. The number of hydrogen-bond acceptors (Lipinski definition) is 9. The molecule has 0 saturated carbocycles. The van der Waals surface area contributed by atoms with Gasteiger partial charge in [-0.2, -0.15) is 0 Å². The molecule has 1 N–H and O–H groups in total. The van der Waals surface area contributed by atoms with Crippen LogP contribution in [0.5, 0.6) is 11.5 Å². The van der Waals surface area contributed by atoms with Gasteiger partial charge < -0.3 is 4.74 Å². The Labute approximate surface area is 262 Å². The molecule has 2 aromatic carbocycles. The van der Waals surface area contributed by atoms with Gasteiger partial charge in [0.15, 0.2) is 0 Å². The minimum absolute atomic E-state index is 0.0629. The Kier molecular flexibility index (Phi) is 9.97. The molecule has 4 aromatic rings. The number of fused-ring (bicyclic) bond motifs is 1. The van der Waals surface area contributed by atoms with Crippen LogP contribution in [0, 0.1) is 11.6 Å². The van der Waals surface area contributed by atoms with Gasteiger partial charge in [0.1, 0.15) is 0 Å². The molecule has 1 saturated heterocycles. The van der Waals surface area contributed by atoms with Gasteiger partial charge in [0.25, 0.3) is 0 Å². The average molecular weight is 673 g/mol. The molecule has 3 heterocycles. The first-order valence-corrected chi connectivity index (χ1v) is 15.9. The molecule has 0 spiro atoms. The fourth-order valence-corrected chi connectivity index (χ4v) is 6.98. The number of halogens is 2.